The minimum atomic E-state index is -4.58. The van der Waals surface area contributed by atoms with E-state index in [1.807, 2.05) is 0 Å². The van der Waals surface area contributed by atoms with Crippen molar-refractivity contribution in [2.45, 2.75) is 12.6 Å². The highest BCUT2D eigenvalue weighted by atomic mass is 32.1. The number of amides is 3. The third kappa shape index (κ3) is 5.39. The summed E-state index contributed by atoms with van der Waals surface area (Å²) in [6.45, 7) is 0. The van der Waals surface area contributed by atoms with Gasteiger partial charge >= 0.3 is 18.2 Å². The summed E-state index contributed by atoms with van der Waals surface area (Å²) in [7, 11) is 0. The lowest BCUT2D eigenvalue weighted by Gasteiger charge is -2.10. The number of hydrogen-bond acceptors (Lipinski definition) is 5. The van der Waals surface area contributed by atoms with E-state index in [4.69, 9.17) is 10.8 Å². The number of urea groups is 1. The summed E-state index contributed by atoms with van der Waals surface area (Å²) in [5.41, 5.74) is 3.92. The van der Waals surface area contributed by atoms with Crippen LogP contribution in [0.3, 0.4) is 0 Å². The fourth-order valence-electron chi connectivity index (χ4n) is 2.58. The van der Waals surface area contributed by atoms with Gasteiger partial charge in [-0.15, -0.1) is 11.3 Å². The van der Waals surface area contributed by atoms with Crippen molar-refractivity contribution in [2.24, 2.45) is 5.73 Å². The molecule has 9 nitrogen and oxygen atoms in total. The number of aromatic amines is 1. The minimum absolute atomic E-state index is 0.118. The molecule has 1 aromatic carbocycles. The summed E-state index contributed by atoms with van der Waals surface area (Å²) in [6, 6.07) is 6.07. The number of aromatic carboxylic acids is 1. The second-order valence-corrected chi connectivity index (χ2v) is 7.35. The van der Waals surface area contributed by atoms with E-state index < -0.39 is 29.6 Å². The summed E-state index contributed by atoms with van der Waals surface area (Å²) in [6.07, 6.45) is -4.44. The van der Waals surface area contributed by atoms with E-state index in [0.717, 1.165) is 29.5 Å². The topological polar surface area (TPSA) is 150 Å². The molecule has 0 saturated heterocycles. The molecule has 2 aromatic heterocycles. The molecule has 0 radical (unpaired) electrons. The molecular weight excluding hydrogens is 439 g/mol. The Kier molecular flexibility index (Phi) is 5.97. The van der Waals surface area contributed by atoms with Gasteiger partial charge in [0.25, 0.3) is 5.91 Å². The van der Waals surface area contributed by atoms with Gasteiger partial charge in [0.1, 0.15) is 16.5 Å². The lowest BCUT2D eigenvalue weighted by Crippen LogP contribution is -2.22. The summed E-state index contributed by atoms with van der Waals surface area (Å²) >= 11 is 1.01. The van der Waals surface area contributed by atoms with Gasteiger partial charge in [-0.3, -0.25) is 10.1 Å². The molecule has 0 saturated carbocycles. The number of carbonyl (C=O) groups excluding carboxylic acids is 2. The first-order valence-electron chi connectivity index (χ1n) is 8.49. The Bertz CT molecular complexity index is 1160. The SMILES string of the molecule is NC(=O)c1nc(Cc2ccc(C(=O)O)s2)[nH]c1NC(=O)Nc1cccc(C(F)(F)F)c1. The number of nitrogens with one attached hydrogen (secondary N) is 3. The normalized spacial score (nSPS) is 11.2. The quantitative estimate of drug-likeness (QED) is 0.387. The predicted octanol–water partition coefficient (Wildman–Crippen LogP) is 3.52. The highest BCUT2D eigenvalue weighted by molar-refractivity contribution is 7.13. The number of carbonyl (C=O) groups is 3. The minimum Gasteiger partial charge on any atom is -0.477 e. The molecule has 0 aliphatic rings. The molecule has 0 atom stereocenters. The van der Waals surface area contributed by atoms with Crippen LogP contribution in [-0.2, 0) is 12.6 Å². The van der Waals surface area contributed by atoms with Crippen LogP contribution < -0.4 is 16.4 Å². The lowest BCUT2D eigenvalue weighted by atomic mass is 10.2. The number of carboxylic acid groups (broad SMARTS) is 1. The van der Waals surface area contributed by atoms with Crippen LogP contribution in [0.2, 0.25) is 0 Å². The van der Waals surface area contributed by atoms with Crippen LogP contribution in [0.15, 0.2) is 36.4 Å². The van der Waals surface area contributed by atoms with Gasteiger partial charge in [-0.05, 0) is 30.3 Å². The highest BCUT2D eigenvalue weighted by Crippen LogP contribution is 2.30. The van der Waals surface area contributed by atoms with Gasteiger partial charge in [0.2, 0.25) is 0 Å². The number of carboxylic acids is 1. The number of halogens is 3. The van der Waals surface area contributed by atoms with Crippen molar-refractivity contribution in [1.82, 2.24) is 9.97 Å². The first kappa shape index (κ1) is 21.8. The molecule has 0 bridgehead atoms. The van der Waals surface area contributed by atoms with Gasteiger partial charge in [0.05, 0.1) is 5.56 Å². The van der Waals surface area contributed by atoms with E-state index in [9.17, 15) is 27.6 Å². The van der Waals surface area contributed by atoms with E-state index in [1.54, 1.807) is 6.07 Å². The Labute approximate surface area is 176 Å². The van der Waals surface area contributed by atoms with E-state index >= 15 is 0 Å². The molecule has 0 spiro atoms. The van der Waals surface area contributed by atoms with E-state index in [1.165, 1.54) is 12.1 Å². The van der Waals surface area contributed by atoms with E-state index in [-0.39, 0.29) is 34.3 Å². The van der Waals surface area contributed by atoms with Crippen LogP contribution in [0.5, 0.6) is 0 Å². The zero-order valence-corrected chi connectivity index (χ0v) is 16.2. The fourth-order valence-corrected chi connectivity index (χ4v) is 3.43. The smallest absolute Gasteiger partial charge is 0.416 e. The molecule has 3 aromatic rings. The third-order valence-corrected chi connectivity index (χ3v) is 4.96. The van der Waals surface area contributed by atoms with E-state index in [2.05, 4.69) is 20.6 Å². The summed E-state index contributed by atoms with van der Waals surface area (Å²) in [5.74, 6) is -1.96. The van der Waals surface area contributed by atoms with Crippen molar-refractivity contribution < 1.29 is 32.7 Å². The molecule has 162 valence electrons. The Morgan fingerprint density at radius 2 is 1.90 bits per heavy atom. The molecule has 0 fully saturated rings. The van der Waals surface area contributed by atoms with Crippen molar-refractivity contribution in [2.75, 3.05) is 10.6 Å². The van der Waals surface area contributed by atoms with Gasteiger partial charge in [-0.1, -0.05) is 6.07 Å². The van der Waals surface area contributed by atoms with E-state index in [0.29, 0.717) is 4.88 Å². The van der Waals surface area contributed by atoms with Crippen LogP contribution in [0, 0.1) is 0 Å². The van der Waals surface area contributed by atoms with Gasteiger partial charge in [0, 0.05) is 17.0 Å². The van der Waals surface area contributed by atoms with Crippen LogP contribution in [-0.4, -0.2) is 33.0 Å². The number of anilines is 2. The molecule has 3 rings (SSSR count). The first-order valence-corrected chi connectivity index (χ1v) is 9.30. The van der Waals surface area contributed by atoms with Crippen molar-refractivity contribution >= 4 is 40.7 Å². The summed E-state index contributed by atoms with van der Waals surface area (Å²) in [4.78, 5) is 42.3. The number of aromatic nitrogens is 2. The van der Waals surface area contributed by atoms with Gasteiger partial charge < -0.3 is 21.1 Å². The Balaban J connectivity index is 1.75. The van der Waals surface area contributed by atoms with Crippen LogP contribution >= 0.6 is 11.3 Å². The summed E-state index contributed by atoms with van der Waals surface area (Å²) < 4.78 is 38.4. The number of thiophene rings is 1. The maximum absolute atomic E-state index is 12.8. The van der Waals surface area contributed by atoms with Crippen molar-refractivity contribution in [1.29, 1.82) is 0 Å². The molecule has 13 heteroatoms. The summed E-state index contributed by atoms with van der Waals surface area (Å²) in [5, 5.41) is 13.5. The molecular formula is C18H14F3N5O4S. The van der Waals surface area contributed by atoms with Crippen LogP contribution in [0.25, 0.3) is 0 Å². The molecule has 31 heavy (non-hydrogen) atoms. The largest absolute Gasteiger partial charge is 0.477 e. The number of imidazole rings is 1. The molecule has 2 heterocycles. The number of hydrogen-bond donors (Lipinski definition) is 5. The zero-order valence-electron chi connectivity index (χ0n) is 15.4. The Hall–Kier alpha value is -3.87. The lowest BCUT2D eigenvalue weighted by molar-refractivity contribution is -0.137. The Morgan fingerprint density at radius 3 is 2.52 bits per heavy atom. The molecule has 6 N–H and O–H groups in total. The van der Waals surface area contributed by atoms with Gasteiger partial charge in [-0.2, -0.15) is 13.2 Å². The number of primary amides is 1. The fraction of sp³-hybridized carbons (Fsp3) is 0.111. The maximum atomic E-state index is 12.8. The highest BCUT2D eigenvalue weighted by Gasteiger charge is 2.30. The van der Waals surface area contributed by atoms with Gasteiger partial charge in [-0.25, -0.2) is 14.6 Å². The second kappa shape index (κ2) is 8.47. The molecule has 0 aliphatic heterocycles. The molecule has 0 aliphatic carbocycles. The number of benzene rings is 1. The van der Waals surface area contributed by atoms with Crippen molar-refractivity contribution in [3.63, 3.8) is 0 Å². The van der Waals surface area contributed by atoms with Crippen molar-refractivity contribution in [3.05, 3.63) is 63.2 Å². The second-order valence-electron chi connectivity index (χ2n) is 6.18. The number of nitrogens with two attached hydrogens (primary N) is 1. The standard InChI is InChI=1S/C18H14F3N5O4S/c19-18(20,21)8-2-1-3-9(6-8)23-17(30)26-15-13(14(22)27)24-12(25-15)7-10-4-5-11(31-10)16(28)29/h1-6H,7H2,(H2,22,27)(H,24,25)(H,28,29)(H2,23,26,30). The maximum Gasteiger partial charge on any atom is 0.416 e. The first-order chi connectivity index (χ1) is 14.5. The van der Waals surface area contributed by atoms with Gasteiger partial charge in [0.15, 0.2) is 5.69 Å². The average Bonchev–Trinajstić information content (AvgIpc) is 3.29. The zero-order chi connectivity index (χ0) is 22.8. The number of nitrogens with zero attached hydrogens (tertiary/aromatic N) is 1. The molecule has 3 amide bonds. The predicted molar refractivity (Wildman–Crippen MR) is 105 cm³/mol. The Morgan fingerprint density at radius 1 is 1.16 bits per heavy atom. The molecule has 0 unspecified atom stereocenters. The third-order valence-electron chi connectivity index (χ3n) is 3.89. The van der Waals surface area contributed by atoms with Crippen molar-refractivity contribution in [3.8, 4) is 0 Å². The monoisotopic (exact) mass is 453 g/mol. The number of alkyl halides is 3. The number of rotatable bonds is 6. The number of H-pyrrole nitrogens is 1. The van der Waals surface area contributed by atoms with Crippen LogP contribution in [0.1, 0.15) is 36.4 Å². The average molecular weight is 453 g/mol. The van der Waals surface area contributed by atoms with Crippen LogP contribution in [0.4, 0.5) is 29.5 Å².